The Labute approximate surface area is 160 Å². The third-order valence-electron chi connectivity index (χ3n) is 4.39. The molecule has 3 rings (SSSR count). The number of methoxy groups -OCH3 is 1. The summed E-state index contributed by atoms with van der Waals surface area (Å²) in [6, 6.07) is 18.3. The fourth-order valence-electron chi connectivity index (χ4n) is 2.89. The Kier molecular flexibility index (Phi) is 6.39. The highest BCUT2D eigenvalue weighted by Crippen LogP contribution is 2.25. The topological polar surface area (TPSA) is 56.1 Å². The molecule has 0 bridgehead atoms. The molecule has 0 saturated carbocycles. The van der Waals surface area contributed by atoms with Crippen LogP contribution < -0.4 is 5.32 Å². The highest BCUT2D eigenvalue weighted by Gasteiger charge is 2.13. The summed E-state index contributed by atoms with van der Waals surface area (Å²) in [5, 5.41) is 7.67. The molecule has 1 aromatic heterocycles. The Bertz CT molecular complexity index is 870. The average Bonchev–Trinajstić information content (AvgIpc) is 3.12. The number of carbonyl (C=O) groups excluding carboxylic acids is 1. The van der Waals surface area contributed by atoms with Gasteiger partial charge in [-0.1, -0.05) is 48.0 Å². The highest BCUT2D eigenvalue weighted by atomic mass is 16.5. The lowest BCUT2D eigenvalue weighted by Crippen LogP contribution is -2.27. The van der Waals surface area contributed by atoms with Crippen molar-refractivity contribution in [1.82, 2.24) is 15.1 Å². The molecule has 0 atom stereocenters. The van der Waals surface area contributed by atoms with Crippen LogP contribution in [0.3, 0.4) is 0 Å². The van der Waals surface area contributed by atoms with Gasteiger partial charge in [0.05, 0.1) is 18.0 Å². The maximum absolute atomic E-state index is 12.1. The molecule has 0 fully saturated rings. The molecular weight excluding hydrogens is 338 g/mol. The van der Waals surface area contributed by atoms with Crippen molar-refractivity contribution in [3.8, 4) is 16.9 Å². The predicted octanol–water partition coefficient (Wildman–Crippen LogP) is 3.54. The summed E-state index contributed by atoms with van der Waals surface area (Å²) in [6.07, 6.45) is 3.07. The zero-order valence-corrected chi connectivity index (χ0v) is 15.8. The van der Waals surface area contributed by atoms with E-state index in [0.29, 0.717) is 26.0 Å². The van der Waals surface area contributed by atoms with Gasteiger partial charge in [-0.25, -0.2) is 4.68 Å². The third-order valence-corrected chi connectivity index (χ3v) is 4.39. The van der Waals surface area contributed by atoms with Crippen molar-refractivity contribution in [3.05, 3.63) is 71.9 Å². The smallest absolute Gasteiger partial charge is 0.220 e. The summed E-state index contributed by atoms with van der Waals surface area (Å²) in [4.78, 5) is 12.1. The first-order chi connectivity index (χ1) is 13.2. The van der Waals surface area contributed by atoms with Gasteiger partial charge in [-0.2, -0.15) is 5.10 Å². The van der Waals surface area contributed by atoms with Crippen LogP contribution in [0, 0.1) is 6.92 Å². The first-order valence-corrected chi connectivity index (χ1v) is 9.14. The van der Waals surface area contributed by atoms with E-state index in [9.17, 15) is 4.79 Å². The zero-order chi connectivity index (χ0) is 19.1. The van der Waals surface area contributed by atoms with Crippen LogP contribution in [0.1, 0.15) is 17.5 Å². The molecule has 0 radical (unpaired) electrons. The zero-order valence-electron chi connectivity index (χ0n) is 15.8. The maximum atomic E-state index is 12.1. The Hall–Kier alpha value is -2.92. The number of nitrogens with one attached hydrogen (secondary N) is 1. The van der Waals surface area contributed by atoms with E-state index in [1.54, 1.807) is 7.11 Å². The summed E-state index contributed by atoms with van der Waals surface area (Å²) in [7, 11) is 1.62. The first kappa shape index (κ1) is 18.9. The molecule has 1 N–H and O–H groups in total. The number of hydrogen-bond donors (Lipinski definition) is 1. The van der Waals surface area contributed by atoms with E-state index in [1.807, 2.05) is 41.2 Å². The van der Waals surface area contributed by atoms with Gasteiger partial charge >= 0.3 is 0 Å². The summed E-state index contributed by atoms with van der Waals surface area (Å²) in [5.41, 5.74) is 5.25. The van der Waals surface area contributed by atoms with Gasteiger partial charge in [-0.05, 0) is 31.0 Å². The molecule has 140 valence electrons. The molecule has 0 unspecified atom stereocenters. The van der Waals surface area contributed by atoms with Crippen LogP contribution in [0.15, 0.2) is 60.8 Å². The van der Waals surface area contributed by atoms with Crippen molar-refractivity contribution in [2.45, 2.75) is 19.8 Å². The molecule has 2 aromatic carbocycles. The molecule has 0 aliphatic carbocycles. The van der Waals surface area contributed by atoms with E-state index in [1.165, 1.54) is 5.56 Å². The number of aryl methyl sites for hydroxylation is 2. The van der Waals surface area contributed by atoms with E-state index in [-0.39, 0.29) is 5.91 Å². The van der Waals surface area contributed by atoms with Gasteiger partial charge in [0.1, 0.15) is 0 Å². The molecule has 0 aliphatic heterocycles. The second-order valence-corrected chi connectivity index (χ2v) is 6.49. The second-order valence-electron chi connectivity index (χ2n) is 6.49. The van der Waals surface area contributed by atoms with Gasteiger partial charge in [0, 0.05) is 31.8 Å². The quantitative estimate of drug-likeness (QED) is 0.623. The normalized spacial score (nSPS) is 10.7. The summed E-state index contributed by atoms with van der Waals surface area (Å²) in [6.45, 7) is 3.12. The molecule has 5 nitrogen and oxygen atoms in total. The fraction of sp³-hybridized carbons (Fsp3) is 0.273. The van der Waals surface area contributed by atoms with E-state index < -0.39 is 0 Å². The van der Waals surface area contributed by atoms with Crippen LogP contribution in [0.4, 0.5) is 0 Å². The van der Waals surface area contributed by atoms with Crippen molar-refractivity contribution in [1.29, 1.82) is 0 Å². The second kappa shape index (κ2) is 9.14. The number of benzene rings is 2. The van der Waals surface area contributed by atoms with Crippen molar-refractivity contribution in [2.75, 3.05) is 20.3 Å². The molecule has 3 aromatic rings. The summed E-state index contributed by atoms with van der Waals surface area (Å²) in [5.74, 6) is 0.0226. The molecule has 1 heterocycles. The SMILES string of the molecule is COCCNC(=O)CCc1cn(-c2ccccc2)nc1-c1ccc(C)cc1. The predicted molar refractivity (Wildman–Crippen MR) is 107 cm³/mol. The van der Waals surface area contributed by atoms with Crippen molar-refractivity contribution < 1.29 is 9.53 Å². The minimum Gasteiger partial charge on any atom is -0.383 e. The summed E-state index contributed by atoms with van der Waals surface area (Å²) >= 11 is 0. The Morgan fingerprint density at radius 3 is 2.56 bits per heavy atom. The van der Waals surface area contributed by atoms with Crippen LogP contribution in [-0.4, -0.2) is 35.9 Å². The van der Waals surface area contributed by atoms with Crippen molar-refractivity contribution in [2.24, 2.45) is 0 Å². The van der Waals surface area contributed by atoms with Gasteiger partial charge in [-0.15, -0.1) is 0 Å². The van der Waals surface area contributed by atoms with Gasteiger partial charge in [0.25, 0.3) is 0 Å². The van der Waals surface area contributed by atoms with Crippen LogP contribution >= 0.6 is 0 Å². The molecule has 0 saturated heterocycles. The molecule has 0 spiro atoms. The Morgan fingerprint density at radius 1 is 1.11 bits per heavy atom. The van der Waals surface area contributed by atoms with Gasteiger partial charge in [-0.3, -0.25) is 4.79 Å². The monoisotopic (exact) mass is 363 g/mol. The largest absolute Gasteiger partial charge is 0.383 e. The minimum atomic E-state index is 0.0226. The number of ether oxygens (including phenoxy) is 1. The molecule has 27 heavy (non-hydrogen) atoms. The number of para-hydroxylation sites is 1. The average molecular weight is 363 g/mol. The third kappa shape index (κ3) is 5.05. The van der Waals surface area contributed by atoms with Gasteiger partial charge in [0.2, 0.25) is 5.91 Å². The maximum Gasteiger partial charge on any atom is 0.220 e. The lowest BCUT2D eigenvalue weighted by atomic mass is 10.0. The van der Waals surface area contributed by atoms with E-state index in [2.05, 4.69) is 36.5 Å². The number of aromatic nitrogens is 2. The Morgan fingerprint density at radius 2 is 1.85 bits per heavy atom. The number of rotatable bonds is 8. The first-order valence-electron chi connectivity index (χ1n) is 9.14. The number of hydrogen-bond acceptors (Lipinski definition) is 3. The minimum absolute atomic E-state index is 0.0226. The van der Waals surface area contributed by atoms with Crippen LogP contribution in [0.25, 0.3) is 16.9 Å². The van der Waals surface area contributed by atoms with Crippen molar-refractivity contribution >= 4 is 5.91 Å². The fourth-order valence-corrected chi connectivity index (χ4v) is 2.89. The highest BCUT2D eigenvalue weighted by molar-refractivity contribution is 5.76. The summed E-state index contributed by atoms with van der Waals surface area (Å²) < 4.78 is 6.85. The van der Waals surface area contributed by atoms with E-state index in [4.69, 9.17) is 9.84 Å². The number of amides is 1. The van der Waals surface area contributed by atoms with Gasteiger partial charge < -0.3 is 10.1 Å². The number of carbonyl (C=O) groups is 1. The van der Waals surface area contributed by atoms with Crippen LogP contribution in [0.5, 0.6) is 0 Å². The van der Waals surface area contributed by atoms with Crippen LogP contribution in [0.2, 0.25) is 0 Å². The Balaban J connectivity index is 1.83. The molecular formula is C22H25N3O2. The number of nitrogens with zero attached hydrogens (tertiary/aromatic N) is 2. The standard InChI is InChI=1S/C22H25N3O2/c1-17-8-10-18(11-9-17)22-19(12-13-21(26)23-14-15-27-2)16-25(24-22)20-6-4-3-5-7-20/h3-11,16H,12-15H2,1-2H3,(H,23,26). The van der Waals surface area contributed by atoms with E-state index >= 15 is 0 Å². The lowest BCUT2D eigenvalue weighted by molar-refractivity contribution is -0.121. The molecule has 1 amide bonds. The van der Waals surface area contributed by atoms with Gasteiger partial charge in [0.15, 0.2) is 0 Å². The van der Waals surface area contributed by atoms with E-state index in [0.717, 1.165) is 22.5 Å². The molecule has 5 heteroatoms. The van der Waals surface area contributed by atoms with Crippen LogP contribution in [-0.2, 0) is 16.0 Å². The molecule has 0 aliphatic rings. The van der Waals surface area contributed by atoms with Crippen molar-refractivity contribution in [3.63, 3.8) is 0 Å². The lowest BCUT2D eigenvalue weighted by Gasteiger charge is -2.05.